The van der Waals surface area contributed by atoms with E-state index in [1.54, 1.807) is 17.9 Å². The average molecular weight is 532 g/mol. The first-order chi connectivity index (χ1) is 18.4. The van der Waals surface area contributed by atoms with Crippen molar-refractivity contribution in [3.05, 3.63) is 71.3 Å². The van der Waals surface area contributed by atoms with Gasteiger partial charge in [0.25, 0.3) is 0 Å². The van der Waals surface area contributed by atoms with Crippen LogP contribution in [0.3, 0.4) is 0 Å². The number of likely N-dealkylation sites (tertiary alicyclic amines) is 1. The van der Waals surface area contributed by atoms with Crippen molar-refractivity contribution in [2.45, 2.75) is 25.7 Å². The molecule has 2 heterocycles. The molecule has 1 aromatic heterocycles. The van der Waals surface area contributed by atoms with Crippen molar-refractivity contribution in [3.8, 4) is 11.6 Å². The number of rotatable bonds is 10. The third kappa shape index (κ3) is 7.73. The number of hydrogen-bond acceptors (Lipinski definition) is 6. The SMILES string of the molecule is CCOc1nn(-c2ccccc2)c(NC(N)=O)c1CCO.COCCN1CCC(c2ccc(F)c(F)c2)C1. The lowest BCUT2D eigenvalue weighted by Crippen LogP contribution is -2.24. The molecule has 0 bridgehead atoms. The summed E-state index contributed by atoms with van der Waals surface area (Å²) in [4.78, 5) is 13.5. The first-order valence-corrected chi connectivity index (χ1v) is 12.5. The van der Waals surface area contributed by atoms with Crippen LogP contribution in [0.2, 0.25) is 0 Å². The van der Waals surface area contributed by atoms with Crippen LogP contribution in [0, 0.1) is 11.6 Å². The topological polar surface area (TPSA) is 115 Å². The lowest BCUT2D eigenvalue weighted by atomic mass is 9.98. The first-order valence-electron chi connectivity index (χ1n) is 12.5. The zero-order valence-corrected chi connectivity index (χ0v) is 21.7. The number of ether oxygens (including phenoxy) is 2. The molecule has 9 nitrogen and oxygen atoms in total. The molecule has 1 unspecified atom stereocenters. The summed E-state index contributed by atoms with van der Waals surface area (Å²) in [6, 6.07) is 12.8. The van der Waals surface area contributed by atoms with Gasteiger partial charge < -0.3 is 25.2 Å². The van der Waals surface area contributed by atoms with Crippen molar-refractivity contribution in [3.63, 3.8) is 0 Å². The molecular formula is C27H35F2N5O4. The van der Waals surface area contributed by atoms with Crippen LogP contribution < -0.4 is 15.8 Å². The molecule has 3 aromatic rings. The fourth-order valence-corrected chi connectivity index (χ4v) is 4.32. The number of aliphatic hydroxyl groups excluding tert-OH is 1. The standard InChI is InChI=1S/C14H18N4O3.C13H17F2NO/c1-2-21-13-11(8-9-19)12(16-14(15)20)18(17-13)10-6-4-3-5-7-10;1-17-7-6-16-5-4-11(9-16)10-2-3-12(14)13(15)8-10/h3-7,19H,2,8-9H2,1H3,(H3,15,16,20);2-3,8,11H,4-7,9H2,1H3. The smallest absolute Gasteiger partial charge is 0.317 e. The molecule has 0 radical (unpaired) electrons. The van der Waals surface area contributed by atoms with Crippen molar-refractivity contribution >= 4 is 11.8 Å². The second-order valence-corrected chi connectivity index (χ2v) is 8.73. The van der Waals surface area contributed by atoms with E-state index in [0.717, 1.165) is 37.3 Å². The number of nitrogens with one attached hydrogen (secondary N) is 1. The van der Waals surface area contributed by atoms with Gasteiger partial charge in [-0.1, -0.05) is 24.3 Å². The van der Waals surface area contributed by atoms with E-state index in [9.17, 15) is 18.7 Å². The Hall–Kier alpha value is -3.54. The number of methoxy groups -OCH3 is 1. The number of aliphatic hydroxyl groups is 1. The van der Waals surface area contributed by atoms with Gasteiger partial charge in [-0.15, -0.1) is 5.10 Å². The summed E-state index contributed by atoms with van der Waals surface area (Å²) in [7, 11) is 1.68. The summed E-state index contributed by atoms with van der Waals surface area (Å²) in [6.07, 6.45) is 1.30. The van der Waals surface area contributed by atoms with E-state index < -0.39 is 17.7 Å². The second-order valence-electron chi connectivity index (χ2n) is 8.73. The van der Waals surface area contributed by atoms with E-state index in [4.69, 9.17) is 15.2 Å². The Balaban J connectivity index is 0.000000215. The van der Waals surface area contributed by atoms with Gasteiger partial charge in [-0.3, -0.25) is 5.32 Å². The number of amides is 2. The number of carbonyl (C=O) groups is 1. The van der Waals surface area contributed by atoms with Crippen molar-refractivity contribution < 1.29 is 28.2 Å². The lowest BCUT2D eigenvalue weighted by molar-refractivity contribution is 0.160. The molecule has 4 N–H and O–H groups in total. The molecular weight excluding hydrogens is 496 g/mol. The van der Waals surface area contributed by atoms with Gasteiger partial charge >= 0.3 is 6.03 Å². The molecule has 1 fully saturated rings. The van der Waals surface area contributed by atoms with Crippen LogP contribution in [0.1, 0.15) is 30.4 Å². The molecule has 206 valence electrons. The Morgan fingerprint density at radius 1 is 1.21 bits per heavy atom. The zero-order valence-electron chi connectivity index (χ0n) is 21.7. The van der Waals surface area contributed by atoms with E-state index in [0.29, 0.717) is 42.8 Å². The fraction of sp³-hybridized carbons (Fsp3) is 0.407. The van der Waals surface area contributed by atoms with Crippen LogP contribution >= 0.6 is 0 Å². The third-order valence-electron chi connectivity index (χ3n) is 6.13. The molecule has 2 aromatic carbocycles. The van der Waals surface area contributed by atoms with Crippen molar-refractivity contribution in [2.75, 3.05) is 51.9 Å². The van der Waals surface area contributed by atoms with Crippen LogP contribution in [0.15, 0.2) is 48.5 Å². The quantitative estimate of drug-likeness (QED) is 0.368. The highest BCUT2D eigenvalue weighted by Gasteiger charge is 2.24. The van der Waals surface area contributed by atoms with Crippen molar-refractivity contribution in [1.29, 1.82) is 0 Å². The van der Waals surface area contributed by atoms with E-state index >= 15 is 0 Å². The van der Waals surface area contributed by atoms with E-state index in [2.05, 4.69) is 15.3 Å². The van der Waals surface area contributed by atoms with Gasteiger partial charge in [-0.05, 0) is 55.6 Å². The van der Waals surface area contributed by atoms with E-state index in [1.807, 2.05) is 37.3 Å². The van der Waals surface area contributed by atoms with Gasteiger partial charge in [-0.2, -0.15) is 0 Å². The maximum Gasteiger partial charge on any atom is 0.317 e. The fourth-order valence-electron chi connectivity index (χ4n) is 4.32. The second kappa shape index (κ2) is 14.4. The van der Waals surface area contributed by atoms with Crippen LogP contribution in [0.5, 0.6) is 5.88 Å². The molecule has 1 saturated heterocycles. The molecule has 1 aliphatic rings. The van der Waals surface area contributed by atoms with Gasteiger partial charge in [0.1, 0.15) is 5.82 Å². The van der Waals surface area contributed by atoms with Gasteiger partial charge in [0.15, 0.2) is 11.6 Å². The largest absolute Gasteiger partial charge is 0.477 e. The van der Waals surface area contributed by atoms with Crippen molar-refractivity contribution in [1.82, 2.24) is 14.7 Å². The molecule has 2 amide bonds. The maximum atomic E-state index is 13.1. The Bertz CT molecular complexity index is 1180. The summed E-state index contributed by atoms with van der Waals surface area (Å²) >= 11 is 0. The number of urea groups is 1. The molecule has 1 atom stereocenters. The molecule has 4 rings (SSSR count). The zero-order chi connectivity index (χ0) is 27.5. The summed E-state index contributed by atoms with van der Waals surface area (Å²) < 4.78 is 38.0. The van der Waals surface area contributed by atoms with Gasteiger partial charge in [-0.25, -0.2) is 18.3 Å². The highest BCUT2D eigenvalue weighted by Crippen LogP contribution is 2.30. The van der Waals surface area contributed by atoms with Crippen molar-refractivity contribution in [2.24, 2.45) is 5.73 Å². The maximum absolute atomic E-state index is 13.1. The van der Waals surface area contributed by atoms with Crippen LogP contribution in [-0.4, -0.2) is 72.4 Å². The number of anilines is 1. The number of aromatic nitrogens is 2. The van der Waals surface area contributed by atoms with Crippen LogP contribution in [-0.2, 0) is 11.2 Å². The highest BCUT2D eigenvalue weighted by atomic mass is 19.2. The van der Waals surface area contributed by atoms with E-state index in [-0.39, 0.29) is 6.61 Å². The molecule has 0 spiro atoms. The molecule has 0 saturated carbocycles. The Morgan fingerprint density at radius 3 is 2.61 bits per heavy atom. The first kappa shape index (κ1) is 29.0. The normalized spacial score (nSPS) is 15.1. The molecule has 1 aliphatic heterocycles. The number of benzene rings is 2. The minimum absolute atomic E-state index is 0.0893. The van der Waals surface area contributed by atoms with Gasteiger partial charge in [0.2, 0.25) is 5.88 Å². The Morgan fingerprint density at radius 2 is 1.97 bits per heavy atom. The third-order valence-corrected chi connectivity index (χ3v) is 6.13. The van der Waals surface area contributed by atoms with Gasteiger partial charge in [0, 0.05) is 33.2 Å². The summed E-state index contributed by atoms with van der Waals surface area (Å²) in [5.74, 6) is -0.437. The highest BCUT2D eigenvalue weighted by molar-refractivity contribution is 5.88. The molecule has 11 heteroatoms. The number of primary amides is 1. The minimum atomic E-state index is -0.775. The van der Waals surface area contributed by atoms with E-state index in [1.165, 1.54) is 12.1 Å². The Kier molecular flexibility index (Phi) is 11.0. The number of nitrogens with two attached hydrogens (primary N) is 1. The molecule has 0 aliphatic carbocycles. The summed E-state index contributed by atoms with van der Waals surface area (Å²) in [5, 5.41) is 16.1. The number of para-hydroxylation sites is 1. The van der Waals surface area contributed by atoms with Crippen LogP contribution in [0.25, 0.3) is 5.69 Å². The lowest BCUT2D eigenvalue weighted by Gasteiger charge is -2.15. The number of carbonyl (C=O) groups excluding carboxylic acids is 1. The minimum Gasteiger partial charge on any atom is -0.477 e. The predicted molar refractivity (Wildman–Crippen MR) is 141 cm³/mol. The average Bonchev–Trinajstić information content (AvgIpc) is 3.51. The molecule has 38 heavy (non-hydrogen) atoms. The number of halogens is 2. The summed E-state index contributed by atoms with van der Waals surface area (Å²) in [6.45, 7) is 5.68. The number of hydrogen-bond donors (Lipinski definition) is 3. The predicted octanol–water partition coefficient (Wildman–Crippen LogP) is 3.70. The number of nitrogens with zero attached hydrogens (tertiary/aromatic N) is 3. The Labute approximate surface area is 221 Å². The monoisotopic (exact) mass is 531 g/mol. The van der Waals surface area contributed by atoms with Crippen LogP contribution in [0.4, 0.5) is 19.4 Å². The van der Waals surface area contributed by atoms with Gasteiger partial charge in [0.05, 0.1) is 24.5 Å². The summed E-state index contributed by atoms with van der Waals surface area (Å²) in [5.41, 5.74) is 7.49.